The van der Waals surface area contributed by atoms with Crippen molar-refractivity contribution >= 4 is 27.5 Å². The molecule has 0 atom stereocenters. The molecule has 2 heterocycles. The van der Waals surface area contributed by atoms with E-state index in [1.807, 2.05) is 0 Å². The number of carbonyl (C=O) groups is 1. The highest BCUT2D eigenvalue weighted by Crippen LogP contribution is 2.20. The summed E-state index contributed by atoms with van der Waals surface area (Å²) in [5.41, 5.74) is 1.33. The second-order valence-corrected chi connectivity index (χ2v) is 4.14. The molecule has 2 rings (SSSR count). The van der Waals surface area contributed by atoms with E-state index in [9.17, 15) is 4.79 Å². The first kappa shape index (κ1) is 11.8. The van der Waals surface area contributed by atoms with E-state index in [4.69, 9.17) is 9.84 Å². The Morgan fingerprint density at radius 1 is 1.59 bits per heavy atom. The van der Waals surface area contributed by atoms with Gasteiger partial charge >= 0.3 is 5.97 Å². The van der Waals surface area contributed by atoms with Crippen molar-refractivity contribution in [3.05, 3.63) is 22.4 Å². The molecule has 17 heavy (non-hydrogen) atoms. The Morgan fingerprint density at radius 2 is 2.35 bits per heavy atom. The molecule has 0 aliphatic rings. The number of halogens is 1. The predicted octanol–water partition coefficient (Wildman–Crippen LogP) is 1.52. The smallest absolute Gasteiger partial charge is 0.303 e. The van der Waals surface area contributed by atoms with Crippen LogP contribution in [0, 0.1) is 0 Å². The summed E-state index contributed by atoms with van der Waals surface area (Å²) >= 11 is 3.35. The molecule has 0 bridgehead atoms. The SMILES string of the molecule is COc1ccc2nc(CCC(=O)O)c(Br)n2n1. The molecule has 0 radical (unpaired) electrons. The average molecular weight is 300 g/mol. The molecule has 6 nitrogen and oxygen atoms in total. The van der Waals surface area contributed by atoms with Crippen molar-refractivity contribution in [1.82, 2.24) is 14.6 Å². The molecule has 2 aromatic rings. The number of aromatic nitrogens is 3. The lowest BCUT2D eigenvalue weighted by atomic mass is 10.2. The molecule has 1 N–H and O–H groups in total. The molecule has 0 aliphatic carbocycles. The van der Waals surface area contributed by atoms with E-state index in [-0.39, 0.29) is 6.42 Å². The molecule has 0 amide bonds. The maximum Gasteiger partial charge on any atom is 0.303 e. The van der Waals surface area contributed by atoms with Gasteiger partial charge in [0.1, 0.15) is 4.60 Å². The molecule has 0 fully saturated rings. The van der Waals surface area contributed by atoms with Crippen LogP contribution in [-0.2, 0) is 11.2 Å². The number of ether oxygens (including phenoxy) is 1. The first-order valence-corrected chi connectivity index (χ1v) is 5.71. The maximum atomic E-state index is 10.5. The van der Waals surface area contributed by atoms with Gasteiger partial charge in [0.2, 0.25) is 5.88 Å². The van der Waals surface area contributed by atoms with E-state index in [2.05, 4.69) is 26.0 Å². The average Bonchev–Trinajstić information content (AvgIpc) is 2.63. The van der Waals surface area contributed by atoms with Gasteiger partial charge in [-0.25, -0.2) is 9.50 Å². The number of fused-ring (bicyclic) bond motifs is 1. The highest BCUT2D eigenvalue weighted by molar-refractivity contribution is 9.10. The number of imidazole rings is 1. The van der Waals surface area contributed by atoms with Gasteiger partial charge in [-0.2, -0.15) is 0 Å². The van der Waals surface area contributed by atoms with Crippen LogP contribution in [0.1, 0.15) is 12.1 Å². The molecule has 0 saturated heterocycles. The summed E-state index contributed by atoms with van der Waals surface area (Å²) in [6, 6.07) is 3.47. The Morgan fingerprint density at radius 3 is 3.00 bits per heavy atom. The summed E-state index contributed by atoms with van der Waals surface area (Å²) in [6.07, 6.45) is 0.404. The quantitative estimate of drug-likeness (QED) is 0.926. The standard InChI is InChI=1S/C10H10BrN3O3/c1-17-8-4-3-7-12-6(2-5-9(15)16)10(11)14(7)13-8/h3-4H,2,5H2,1H3,(H,15,16). The van der Waals surface area contributed by atoms with Crippen LogP contribution in [0.5, 0.6) is 5.88 Å². The van der Waals surface area contributed by atoms with Crippen LogP contribution in [0.2, 0.25) is 0 Å². The Kier molecular flexibility index (Phi) is 3.28. The lowest BCUT2D eigenvalue weighted by Gasteiger charge is -1.99. The first-order valence-electron chi connectivity index (χ1n) is 4.91. The number of hydrogen-bond acceptors (Lipinski definition) is 4. The van der Waals surface area contributed by atoms with E-state index in [1.165, 1.54) is 7.11 Å². The van der Waals surface area contributed by atoms with Crippen LogP contribution < -0.4 is 4.74 Å². The molecule has 7 heteroatoms. The molecule has 0 aromatic carbocycles. The topological polar surface area (TPSA) is 76.7 Å². The lowest BCUT2D eigenvalue weighted by molar-refractivity contribution is -0.136. The van der Waals surface area contributed by atoms with Crippen molar-refractivity contribution in [3.8, 4) is 5.88 Å². The first-order chi connectivity index (χ1) is 8.11. The zero-order valence-electron chi connectivity index (χ0n) is 9.05. The van der Waals surface area contributed by atoms with Gasteiger partial charge in [-0.15, -0.1) is 5.10 Å². The summed E-state index contributed by atoms with van der Waals surface area (Å²) in [4.78, 5) is 14.8. The highest BCUT2D eigenvalue weighted by atomic mass is 79.9. The van der Waals surface area contributed by atoms with Gasteiger partial charge in [0.15, 0.2) is 5.65 Å². The fourth-order valence-corrected chi connectivity index (χ4v) is 1.98. The van der Waals surface area contributed by atoms with Gasteiger partial charge < -0.3 is 9.84 Å². The van der Waals surface area contributed by atoms with Crippen LogP contribution in [-0.4, -0.2) is 32.8 Å². The molecular formula is C10H10BrN3O3. The predicted molar refractivity (Wildman–Crippen MR) is 63.2 cm³/mol. The van der Waals surface area contributed by atoms with E-state index in [0.29, 0.717) is 28.2 Å². The van der Waals surface area contributed by atoms with Crippen LogP contribution in [0.3, 0.4) is 0 Å². The van der Waals surface area contributed by atoms with E-state index >= 15 is 0 Å². The van der Waals surface area contributed by atoms with Gasteiger partial charge in [-0.3, -0.25) is 4.79 Å². The van der Waals surface area contributed by atoms with E-state index in [0.717, 1.165) is 0 Å². The van der Waals surface area contributed by atoms with Crippen molar-refractivity contribution in [3.63, 3.8) is 0 Å². The fourth-order valence-electron chi connectivity index (χ4n) is 1.43. The number of methoxy groups -OCH3 is 1. The van der Waals surface area contributed by atoms with Crippen LogP contribution >= 0.6 is 15.9 Å². The monoisotopic (exact) mass is 299 g/mol. The highest BCUT2D eigenvalue weighted by Gasteiger charge is 2.12. The number of aryl methyl sites for hydroxylation is 1. The molecular weight excluding hydrogens is 290 g/mol. The van der Waals surface area contributed by atoms with Gasteiger partial charge in [-0.05, 0) is 22.0 Å². The van der Waals surface area contributed by atoms with Crippen molar-refractivity contribution in [2.24, 2.45) is 0 Å². The fraction of sp³-hybridized carbons (Fsp3) is 0.300. The number of carboxylic acids is 1. The summed E-state index contributed by atoms with van der Waals surface area (Å²) in [5.74, 6) is -0.375. The number of nitrogens with zero attached hydrogens (tertiary/aromatic N) is 3. The molecule has 2 aromatic heterocycles. The number of hydrogen-bond donors (Lipinski definition) is 1. The molecule has 0 saturated carbocycles. The third-order valence-electron chi connectivity index (χ3n) is 2.25. The largest absolute Gasteiger partial charge is 0.481 e. The van der Waals surface area contributed by atoms with Gasteiger partial charge in [0, 0.05) is 12.5 Å². The van der Waals surface area contributed by atoms with Gasteiger partial charge in [-0.1, -0.05) is 0 Å². The summed E-state index contributed by atoms with van der Waals surface area (Å²) in [7, 11) is 1.53. The Balaban J connectivity index is 2.38. The Hall–Kier alpha value is -1.63. The van der Waals surface area contributed by atoms with Crippen LogP contribution in [0.15, 0.2) is 16.7 Å². The maximum absolute atomic E-state index is 10.5. The zero-order chi connectivity index (χ0) is 12.4. The van der Waals surface area contributed by atoms with E-state index in [1.54, 1.807) is 16.6 Å². The Bertz CT molecular complexity index is 567. The minimum atomic E-state index is -0.848. The van der Waals surface area contributed by atoms with Crippen molar-refractivity contribution in [2.75, 3.05) is 7.11 Å². The Labute approximate surface area is 105 Å². The lowest BCUT2D eigenvalue weighted by Crippen LogP contribution is -1.98. The zero-order valence-corrected chi connectivity index (χ0v) is 10.6. The third-order valence-corrected chi connectivity index (χ3v) is 3.04. The molecule has 0 spiro atoms. The summed E-state index contributed by atoms with van der Waals surface area (Å²) in [6.45, 7) is 0. The van der Waals surface area contributed by atoms with Crippen LogP contribution in [0.4, 0.5) is 0 Å². The number of carboxylic acid groups (broad SMARTS) is 1. The molecule has 0 aliphatic heterocycles. The second kappa shape index (κ2) is 4.70. The van der Waals surface area contributed by atoms with Crippen LogP contribution in [0.25, 0.3) is 5.65 Å². The van der Waals surface area contributed by atoms with E-state index < -0.39 is 5.97 Å². The molecule has 90 valence electrons. The minimum absolute atomic E-state index is 0.0413. The normalized spacial score (nSPS) is 10.7. The van der Waals surface area contributed by atoms with Gasteiger partial charge in [0.25, 0.3) is 0 Å². The number of rotatable bonds is 4. The van der Waals surface area contributed by atoms with Crippen molar-refractivity contribution in [2.45, 2.75) is 12.8 Å². The van der Waals surface area contributed by atoms with Gasteiger partial charge in [0.05, 0.1) is 19.2 Å². The minimum Gasteiger partial charge on any atom is -0.481 e. The summed E-state index contributed by atoms with van der Waals surface area (Å²) in [5, 5.41) is 12.8. The van der Waals surface area contributed by atoms with Crippen molar-refractivity contribution < 1.29 is 14.6 Å². The number of aliphatic carboxylic acids is 1. The molecule has 0 unspecified atom stereocenters. The third kappa shape index (κ3) is 2.38. The van der Waals surface area contributed by atoms with Crippen molar-refractivity contribution in [1.29, 1.82) is 0 Å². The second-order valence-electron chi connectivity index (χ2n) is 3.39. The summed E-state index contributed by atoms with van der Waals surface area (Å²) < 4.78 is 7.25.